The average Bonchev–Trinajstić information content (AvgIpc) is 3.09. The van der Waals surface area contributed by atoms with E-state index in [4.69, 9.17) is 4.74 Å². The number of fused-ring (bicyclic) bond motifs is 1. The lowest BCUT2D eigenvalue weighted by Gasteiger charge is -2.32. The van der Waals surface area contributed by atoms with E-state index in [0.717, 1.165) is 32.7 Å². The molecule has 4 rings (SSSR count). The molecule has 3 aromatic rings. The van der Waals surface area contributed by atoms with Crippen LogP contribution < -0.4 is 0 Å². The van der Waals surface area contributed by atoms with E-state index in [0.29, 0.717) is 0 Å². The van der Waals surface area contributed by atoms with Crippen molar-refractivity contribution in [2.45, 2.75) is 19.1 Å². The molecule has 0 saturated carbocycles. The lowest BCUT2D eigenvalue weighted by atomic mass is 9.99. The van der Waals surface area contributed by atoms with E-state index in [1.54, 1.807) is 11.3 Å². The summed E-state index contributed by atoms with van der Waals surface area (Å²) in [6, 6.07) is 15.1. The number of ether oxygens (including phenoxy) is 1. The molecule has 1 aromatic heterocycles. The zero-order valence-corrected chi connectivity index (χ0v) is 13.8. The number of aromatic nitrogens is 1. The van der Waals surface area contributed by atoms with E-state index in [2.05, 4.69) is 52.3 Å². The summed E-state index contributed by atoms with van der Waals surface area (Å²) in [5.74, 6) is 0. The van der Waals surface area contributed by atoms with Gasteiger partial charge in [-0.2, -0.15) is 0 Å². The maximum Gasteiger partial charge on any atom is 0.107 e. The number of nitrogens with zero attached hydrogens (tertiary/aromatic N) is 2. The normalized spacial score (nSPS) is 19.2. The van der Waals surface area contributed by atoms with Gasteiger partial charge in [-0.15, -0.1) is 11.3 Å². The highest BCUT2D eigenvalue weighted by Crippen LogP contribution is 2.22. The summed E-state index contributed by atoms with van der Waals surface area (Å²) >= 11 is 1.73. The lowest BCUT2D eigenvalue weighted by Crippen LogP contribution is -2.42. The Bertz CT molecular complexity index is 767. The van der Waals surface area contributed by atoms with Gasteiger partial charge in [-0.05, 0) is 16.3 Å². The van der Waals surface area contributed by atoms with Crippen LogP contribution in [0, 0.1) is 0 Å². The molecule has 1 saturated heterocycles. The highest BCUT2D eigenvalue weighted by atomic mass is 32.1. The fourth-order valence-corrected chi connectivity index (χ4v) is 3.94. The molecule has 4 heteroatoms. The van der Waals surface area contributed by atoms with Crippen LogP contribution in [0.1, 0.15) is 10.6 Å². The van der Waals surface area contributed by atoms with Gasteiger partial charge in [-0.1, -0.05) is 42.5 Å². The number of rotatable bonds is 4. The molecule has 0 unspecified atom stereocenters. The molecule has 2 heterocycles. The third-order valence-corrected chi connectivity index (χ3v) is 5.16. The number of hydrogen-bond acceptors (Lipinski definition) is 4. The molecule has 0 N–H and O–H groups in total. The van der Waals surface area contributed by atoms with Crippen LogP contribution in [-0.2, 0) is 17.7 Å². The van der Waals surface area contributed by atoms with E-state index in [-0.39, 0.29) is 6.10 Å². The molecule has 1 aliphatic rings. The molecule has 1 aliphatic heterocycles. The SMILES string of the molecule is c1ccc2c(C[C@H]3CN(Cc4nccs4)CCO3)cccc2c1. The van der Waals surface area contributed by atoms with Gasteiger partial charge in [0.25, 0.3) is 0 Å². The summed E-state index contributed by atoms with van der Waals surface area (Å²) in [5.41, 5.74) is 1.38. The van der Waals surface area contributed by atoms with Crippen LogP contribution in [0.3, 0.4) is 0 Å². The fraction of sp³-hybridized carbons (Fsp3) is 0.316. The molecular formula is C19H20N2OS. The molecule has 0 radical (unpaired) electrons. The predicted octanol–water partition coefficient (Wildman–Crippen LogP) is 3.74. The van der Waals surface area contributed by atoms with Gasteiger partial charge in [0.1, 0.15) is 5.01 Å². The van der Waals surface area contributed by atoms with Crippen molar-refractivity contribution in [1.82, 2.24) is 9.88 Å². The maximum absolute atomic E-state index is 6.02. The van der Waals surface area contributed by atoms with Crippen molar-refractivity contribution in [1.29, 1.82) is 0 Å². The second-order valence-corrected chi connectivity index (χ2v) is 6.98. The lowest BCUT2D eigenvalue weighted by molar-refractivity contribution is -0.0303. The monoisotopic (exact) mass is 324 g/mol. The van der Waals surface area contributed by atoms with E-state index in [9.17, 15) is 0 Å². The van der Waals surface area contributed by atoms with E-state index in [1.165, 1.54) is 21.3 Å². The number of thiazole rings is 1. The van der Waals surface area contributed by atoms with E-state index < -0.39 is 0 Å². The van der Waals surface area contributed by atoms with Crippen LogP contribution in [0.5, 0.6) is 0 Å². The fourth-order valence-electron chi connectivity index (χ4n) is 3.29. The Hall–Kier alpha value is -1.75. The molecule has 0 aliphatic carbocycles. The van der Waals surface area contributed by atoms with Crippen molar-refractivity contribution >= 4 is 22.1 Å². The second-order valence-electron chi connectivity index (χ2n) is 6.00. The Morgan fingerprint density at radius 1 is 1.17 bits per heavy atom. The molecule has 23 heavy (non-hydrogen) atoms. The smallest absolute Gasteiger partial charge is 0.107 e. The van der Waals surface area contributed by atoms with Gasteiger partial charge in [0.15, 0.2) is 0 Å². The molecule has 0 amide bonds. The van der Waals surface area contributed by atoms with Gasteiger partial charge >= 0.3 is 0 Å². The predicted molar refractivity (Wildman–Crippen MR) is 94.8 cm³/mol. The summed E-state index contributed by atoms with van der Waals surface area (Å²) in [6.07, 6.45) is 3.11. The highest BCUT2D eigenvalue weighted by molar-refractivity contribution is 7.09. The van der Waals surface area contributed by atoms with Crippen molar-refractivity contribution in [3.8, 4) is 0 Å². The quantitative estimate of drug-likeness (QED) is 0.731. The van der Waals surface area contributed by atoms with Crippen molar-refractivity contribution < 1.29 is 4.74 Å². The number of hydrogen-bond donors (Lipinski definition) is 0. The topological polar surface area (TPSA) is 25.4 Å². The first-order valence-electron chi connectivity index (χ1n) is 8.07. The minimum atomic E-state index is 0.259. The first-order chi connectivity index (χ1) is 11.4. The van der Waals surface area contributed by atoms with Crippen molar-refractivity contribution in [3.05, 3.63) is 64.6 Å². The Labute approximate surface area is 140 Å². The van der Waals surface area contributed by atoms with Gasteiger partial charge in [0.05, 0.1) is 19.3 Å². The molecule has 3 nitrogen and oxygen atoms in total. The van der Waals surface area contributed by atoms with E-state index >= 15 is 0 Å². The van der Waals surface area contributed by atoms with Crippen LogP contribution in [0.15, 0.2) is 54.0 Å². The van der Waals surface area contributed by atoms with Gasteiger partial charge < -0.3 is 4.74 Å². The average molecular weight is 324 g/mol. The molecule has 0 bridgehead atoms. The largest absolute Gasteiger partial charge is 0.375 e. The minimum Gasteiger partial charge on any atom is -0.375 e. The van der Waals surface area contributed by atoms with Crippen LogP contribution in [0.2, 0.25) is 0 Å². The molecule has 118 valence electrons. The van der Waals surface area contributed by atoms with Crippen LogP contribution in [-0.4, -0.2) is 35.7 Å². The second kappa shape index (κ2) is 6.79. The Morgan fingerprint density at radius 3 is 3.00 bits per heavy atom. The van der Waals surface area contributed by atoms with Gasteiger partial charge in [-0.3, -0.25) is 4.90 Å². The van der Waals surface area contributed by atoms with Crippen LogP contribution in [0.25, 0.3) is 10.8 Å². The highest BCUT2D eigenvalue weighted by Gasteiger charge is 2.22. The van der Waals surface area contributed by atoms with E-state index in [1.807, 2.05) is 11.6 Å². The van der Waals surface area contributed by atoms with Crippen molar-refractivity contribution in [3.63, 3.8) is 0 Å². The van der Waals surface area contributed by atoms with Crippen LogP contribution in [0.4, 0.5) is 0 Å². The van der Waals surface area contributed by atoms with Crippen molar-refractivity contribution in [2.24, 2.45) is 0 Å². The Balaban J connectivity index is 1.47. The summed E-state index contributed by atoms with van der Waals surface area (Å²) in [6.45, 7) is 3.71. The van der Waals surface area contributed by atoms with Gasteiger partial charge in [0.2, 0.25) is 0 Å². The summed E-state index contributed by atoms with van der Waals surface area (Å²) in [7, 11) is 0. The first-order valence-corrected chi connectivity index (χ1v) is 8.95. The molecular weight excluding hydrogens is 304 g/mol. The Morgan fingerprint density at radius 2 is 2.09 bits per heavy atom. The standard InChI is InChI=1S/C19H20N2OS/c1-2-7-18-15(4-1)5-3-6-16(18)12-17-13-21(9-10-22-17)14-19-20-8-11-23-19/h1-8,11,17H,9-10,12-14H2/t17-/m0/s1. The molecule has 2 aromatic carbocycles. The van der Waals surface area contributed by atoms with Crippen LogP contribution >= 0.6 is 11.3 Å². The summed E-state index contributed by atoms with van der Waals surface area (Å²) in [4.78, 5) is 6.85. The Kier molecular flexibility index (Phi) is 4.37. The molecule has 0 spiro atoms. The third kappa shape index (κ3) is 3.44. The third-order valence-electron chi connectivity index (χ3n) is 4.39. The number of morpholine rings is 1. The zero-order valence-electron chi connectivity index (χ0n) is 13.0. The van der Waals surface area contributed by atoms with Crippen molar-refractivity contribution in [2.75, 3.05) is 19.7 Å². The summed E-state index contributed by atoms with van der Waals surface area (Å²) in [5, 5.41) is 5.88. The first kappa shape index (κ1) is 14.8. The van der Waals surface area contributed by atoms with Gasteiger partial charge in [-0.25, -0.2) is 4.98 Å². The number of benzene rings is 2. The minimum absolute atomic E-state index is 0.259. The maximum atomic E-state index is 6.02. The zero-order chi connectivity index (χ0) is 15.5. The van der Waals surface area contributed by atoms with Gasteiger partial charge in [0, 0.05) is 31.1 Å². The summed E-state index contributed by atoms with van der Waals surface area (Å²) < 4.78 is 6.02. The molecule has 1 atom stereocenters. The molecule has 1 fully saturated rings.